The van der Waals surface area contributed by atoms with Crippen molar-refractivity contribution >= 4 is 38.3 Å². The molecule has 1 aromatic rings. The Bertz CT molecular complexity index is 587. The van der Waals surface area contributed by atoms with Gasteiger partial charge >= 0.3 is 0 Å². The quantitative estimate of drug-likeness (QED) is 0.595. The van der Waals surface area contributed by atoms with E-state index in [1.54, 1.807) is 26.2 Å². The van der Waals surface area contributed by atoms with E-state index in [-0.39, 0.29) is 6.54 Å². The van der Waals surface area contributed by atoms with Crippen molar-refractivity contribution in [2.45, 2.75) is 6.92 Å². The molecule has 18 heavy (non-hydrogen) atoms. The van der Waals surface area contributed by atoms with Gasteiger partial charge in [0.15, 0.2) is 0 Å². The van der Waals surface area contributed by atoms with Crippen LogP contribution in [0.4, 0.5) is 5.69 Å². The van der Waals surface area contributed by atoms with E-state index in [0.29, 0.717) is 11.4 Å². The first kappa shape index (κ1) is 15.1. The maximum Gasteiger partial charge on any atom is 0.233 e. The minimum atomic E-state index is -3.37. The fraction of sp³-hybridized carbons (Fsp3) is 0.333. The minimum absolute atomic E-state index is 0.137. The predicted octanol–water partition coefficient (Wildman–Crippen LogP) is 2.09. The summed E-state index contributed by atoms with van der Waals surface area (Å²) in [5.41, 5.74) is 0.584. The highest BCUT2D eigenvalue weighted by molar-refractivity contribution is 14.1. The number of anilines is 1. The van der Waals surface area contributed by atoms with E-state index in [9.17, 15) is 8.42 Å². The van der Waals surface area contributed by atoms with Crippen molar-refractivity contribution in [3.8, 4) is 17.6 Å². The second-order valence-electron chi connectivity index (χ2n) is 3.51. The van der Waals surface area contributed by atoms with E-state index in [1.807, 2.05) is 6.07 Å². The SMILES string of the molecule is CC#CCN(c1cc(OC)ccc1I)S(C)(=O)=O. The van der Waals surface area contributed by atoms with Gasteiger partial charge in [-0.3, -0.25) is 4.31 Å². The first-order valence-corrected chi connectivity index (χ1v) is 8.03. The van der Waals surface area contributed by atoms with Crippen LogP contribution in [0.5, 0.6) is 5.75 Å². The smallest absolute Gasteiger partial charge is 0.233 e. The molecule has 0 saturated heterocycles. The average molecular weight is 379 g/mol. The molecule has 0 aliphatic rings. The number of hydrogen-bond acceptors (Lipinski definition) is 3. The molecule has 0 heterocycles. The molecule has 0 N–H and O–H groups in total. The third kappa shape index (κ3) is 3.78. The number of benzene rings is 1. The molecule has 0 unspecified atom stereocenters. The lowest BCUT2D eigenvalue weighted by Crippen LogP contribution is -2.30. The Kier molecular flexibility index (Phi) is 5.28. The van der Waals surface area contributed by atoms with Gasteiger partial charge in [-0.1, -0.05) is 5.92 Å². The Labute approximate surface area is 122 Å². The molecular formula is C12H14INO3S. The van der Waals surface area contributed by atoms with Gasteiger partial charge in [0.25, 0.3) is 0 Å². The van der Waals surface area contributed by atoms with Crippen LogP contribution < -0.4 is 9.04 Å². The van der Waals surface area contributed by atoms with Gasteiger partial charge in [-0.25, -0.2) is 8.42 Å². The van der Waals surface area contributed by atoms with Crippen molar-refractivity contribution in [1.29, 1.82) is 0 Å². The summed E-state index contributed by atoms with van der Waals surface area (Å²) in [5.74, 6) is 6.08. The Morgan fingerprint density at radius 3 is 2.61 bits per heavy atom. The van der Waals surface area contributed by atoms with E-state index in [1.165, 1.54) is 10.6 Å². The second-order valence-corrected chi connectivity index (χ2v) is 6.58. The molecule has 0 atom stereocenters. The molecule has 4 nitrogen and oxygen atoms in total. The standard InChI is InChI=1S/C12H14INO3S/c1-4-5-8-14(18(3,15)16)12-9-10(17-2)6-7-11(12)13/h6-7,9H,8H2,1-3H3. The first-order valence-electron chi connectivity index (χ1n) is 5.11. The Hall–Kier alpha value is -0.940. The maximum absolute atomic E-state index is 11.8. The van der Waals surface area contributed by atoms with Crippen molar-refractivity contribution in [3.05, 3.63) is 21.8 Å². The van der Waals surface area contributed by atoms with Gasteiger partial charge in [-0.2, -0.15) is 0 Å². The largest absolute Gasteiger partial charge is 0.497 e. The van der Waals surface area contributed by atoms with Crippen LogP contribution in [0, 0.1) is 15.4 Å². The summed E-state index contributed by atoms with van der Waals surface area (Å²) in [6.45, 7) is 1.81. The monoisotopic (exact) mass is 379 g/mol. The van der Waals surface area contributed by atoms with E-state index in [2.05, 4.69) is 34.4 Å². The number of ether oxygens (including phenoxy) is 1. The van der Waals surface area contributed by atoms with Crippen LogP contribution in [0.1, 0.15) is 6.92 Å². The van der Waals surface area contributed by atoms with Crippen molar-refractivity contribution in [3.63, 3.8) is 0 Å². The number of methoxy groups -OCH3 is 1. The van der Waals surface area contributed by atoms with E-state index in [0.717, 1.165) is 3.57 Å². The molecule has 1 aromatic carbocycles. The molecule has 0 aliphatic carbocycles. The maximum atomic E-state index is 11.8. The van der Waals surface area contributed by atoms with Gasteiger partial charge < -0.3 is 4.74 Å². The fourth-order valence-electron chi connectivity index (χ4n) is 1.34. The molecule has 0 bridgehead atoms. The summed E-state index contributed by atoms with van der Waals surface area (Å²) < 4.78 is 30.8. The highest BCUT2D eigenvalue weighted by Gasteiger charge is 2.19. The molecule has 0 aromatic heterocycles. The van der Waals surface area contributed by atoms with Crippen molar-refractivity contribution < 1.29 is 13.2 Å². The van der Waals surface area contributed by atoms with E-state index in [4.69, 9.17) is 4.74 Å². The number of sulfonamides is 1. The van der Waals surface area contributed by atoms with Crippen LogP contribution in [0.3, 0.4) is 0 Å². The van der Waals surface area contributed by atoms with Crippen LogP contribution in [0.25, 0.3) is 0 Å². The molecule has 0 aliphatic heterocycles. The lowest BCUT2D eigenvalue weighted by atomic mass is 10.3. The number of hydrogen-bond donors (Lipinski definition) is 0. The zero-order chi connectivity index (χ0) is 13.8. The highest BCUT2D eigenvalue weighted by atomic mass is 127. The Morgan fingerprint density at radius 2 is 2.11 bits per heavy atom. The lowest BCUT2D eigenvalue weighted by Gasteiger charge is -2.21. The summed E-state index contributed by atoms with van der Waals surface area (Å²) in [4.78, 5) is 0. The molecule has 0 spiro atoms. The van der Waals surface area contributed by atoms with Crippen molar-refractivity contribution in [2.75, 3.05) is 24.2 Å². The topological polar surface area (TPSA) is 46.6 Å². The van der Waals surface area contributed by atoms with Gasteiger partial charge in [0.2, 0.25) is 10.0 Å². The predicted molar refractivity (Wildman–Crippen MR) is 81.4 cm³/mol. The Morgan fingerprint density at radius 1 is 1.44 bits per heavy atom. The van der Waals surface area contributed by atoms with Gasteiger partial charge in [-0.15, -0.1) is 5.92 Å². The van der Waals surface area contributed by atoms with Gasteiger partial charge in [-0.05, 0) is 41.6 Å². The zero-order valence-corrected chi connectivity index (χ0v) is 13.4. The van der Waals surface area contributed by atoms with Crippen LogP contribution in [-0.4, -0.2) is 28.3 Å². The van der Waals surface area contributed by atoms with Crippen molar-refractivity contribution in [2.24, 2.45) is 0 Å². The third-order valence-electron chi connectivity index (χ3n) is 2.22. The third-order valence-corrected chi connectivity index (χ3v) is 4.26. The van der Waals surface area contributed by atoms with E-state index < -0.39 is 10.0 Å². The lowest BCUT2D eigenvalue weighted by molar-refractivity contribution is 0.415. The van der Waals surface area contributed by atoms with Crippen LogP contribution in [0.15, 0.2) is 18.2 Å². The number of rotatable bonds is 4. The summed E-state index contributed by atoms with van der Waals surface area (Å²) >= 11 is 2.09. The minimum Gasteiger partial charge on any atom is -0.497 e. The molecule has 0 saturated carbocycles. The van der Waals surface area contributed by atoms with E-state index >= 15 is 0 Å². The first-order chi connectivity index (χ1) is 8.40. The summed E-state index contributed by atoms with van der Waals surface area (Å²) in [7, 11) is -1.82. The Balaban J connectivity index is 3.31. The molecule has 98 valence electrons. The van der Waals surface area contributed by atoms with Gasteiger partial charge in [0, 0.05) is 9.64 Å². The summed E-state index contributed by atoms with van der Waals surface area (Å²) in [5, 5.41) is 0. The van der Waals surface area contributed by atoms with Crippen LogP contribution in [-0.2, 0) is 10.0 Å². The fourth-order valence-corrected chi connectivity index (χ4v) is 2.94. The molecular weight excluding hydrogens is 365 g/mol. The van der Waals surface area contributed by atoms with Crippen LogP contribution >= 0.6 is 22.6 Å². The summed E-state index contributed by atoms with van der Waals surface area (Å²) in [6, 6.07) is 5.30. The molecule has 0 radical (unpaired) electrons. The highest BCUT2D eigenvalue weighted by Crippen LogP contribution is 2.28. The molecule has 6 heteroatoms. The molecule has 1 rings (SSSR count). The number of nitrogens with zero attached hydrogens (tertiary/aromatic N) is 1. The second kappa shape index (κ2) is 6.29. The van der Waals surface area contributed by atoms with Crippen molar-refractivity contribution in [1.82, 2.24) is 0 Å². The molecule has 0 amide bonds. The summed E-state index contributed by atoms with van der Waals surface area (Å²) in [6.07, 6.45) is 1.17. The number of halogens is 1. The normalized spacial score (nSPS) is 10.4. The zero-order valence-electron chi connectivity index (χ0n) is 10.4. The van der Waals surface area contributed by atoms with Crippen LogP contribution in [0.2, 0.25) is 0 Å². The van der Waals surface area contributed by atoms with Gasteiger partial charge in [0.1, 0.15) is 5.75 Å². The molecule has 0 fully saturated rings. The average Bonchev–Trinajstić information content (AvgIpc) is 2.30. The van der Waals surface area contributed by atoms with Gasteiger partial charge in [0.05, 0.1) is 25.6 Å².